The van der Waals surface area contributed by atoms with Gasteiger partial charge in [-0.2, -0.15) is 4.98 Å². The molecule has 1 aliphatic heterocycles. The summed E-state index contributed by atoms with van der Waals surface area (Å²) < 4.78 is 5.38. The molecule has 162 valence electrons. The summed E-state index contributed by atoms with van der Waals surface area (Å²) in [4.78, 5) is 21.6. The van der Waals surface area contributed by atoms with Crippen molar-refractivity contribution >= 4 is 30.7 Å². The van der Waals surface area contributed by atoms with E-state index >= 15 is 0 Å². The van der Waals surface area contributed by atoms with E-state index in [9.17, 15) is 4.79 Å². The van der Waals surface area contributed by atoms with Crippen LogP contribution in [-0.4, -0.2) is 58.6 Å². The topological polar surface area (TPSA) is 88.5 Å². The van der Waals surface area contributed by atoms with Crippen LogP contribution in [0.2, 0.25) is 0 Å². The first-order valence-electron chi connectivity index (χ1n) is 10.1. The molecule has 0 radical (unpaired) electrons. The Morgan fingerprint density at radius 3 is 2.36 bits per heavy atom. The zero-order valence-corrected chi connectivity index (χ0v) is 18.7. The van der Waals surface area contributed by atoms with Crippen molar-refractivity contribution in [3.8, 4) is 0 Å². The maximum Gasteiger partial charge on any atom is 0.243 e. The van der Waals surface area contributed by atoms with Crippen molar-refractivity contribution in [1.82, 2.24) is 19.9 Å². The Bertz CT molecular complexity index is 599. The standard InChI is InChI=1S/C19H33N5O2.2ClH/c1-3-16-21-18(26-22-16)15(2)23-9-11-24(12-10-23)17(25)13-19(14-20)7-5-4-6-8-19;;/h15H,3-14,20H2,1-2H3;2*1H. The van der Waals surface area contributed by atoms with Gasteiger partial charge in [-0.15, -0.1) is 24.8 Å². The van der Waals surface area contributed by atoms with Gasteiger partial charge in [0.05, 0.1) is 6.04 Å². The predicted octanol–water partition coefficient (Wildman–Crippen LogP) is 2.98. The minimum absolute atomic E-state index is 0. The molecule has 1 amide bonds. The zero-order valence-electron chi connectivity index (χ0n) is 17.1. The summed E-state index contributed by atoms with van der Waals surface area (Å²) >= 11 is 0. The highest BCUT2D eigenvalue weighted by atomic mass is 35.5. The monoisotopic (exact) mass is 435 g/mol. The van der Waals surface area contributed by atoms with E-state index in [1.54, 1.807) is 0 Å². The maximum atomic E-state index is 12.8. The molecule has 1 saturated carbocycles. The molecule has 2 aliphatic rings. The number of amides is 1. The largest absolute Gasteiger partial charge is 0.340 e. The Labute approximate surface area is 180 Å². The second-order valence-corrected chi connectivity index (χ2v) is 7.94. The normalized spacial score (nSPS) is 20.8. The number of nitrogens with zero attached hydrogens (tertiary/aromatic N) is 4. The maximum absolute atomic E-state index is 12.8. The van der Waals surface area contributed by atoms with Crippen LogP contribution in [0.25, 0.3) is 0 Å². The quantitative estimate of drug-likeness (QED) is 0.738. The fourth-order valence-corrected chi connectivity index (χ4v) is 4.28. The first-order chi connectivity index (χ1) is 12.6. The minimum atomic E-state index is 0. The van der Waals surface area contributed by atoms with Gasteiger partial charge in [0, 0.05) is 39.0 Å². The van der Waals surface area contributed by atoms with Crippen molar-refractivity contribution in [1.29, 1.82) is 0 Å². The van der Waals surface area contributed by atoms with Crippen LogP contribution in [0.3, 0.4) is 0 Å². The van der Waals surface area contributed by atoms with Gasteiger partial charge in [0.2, 0.25) is 11.8 Å². The fraction of sp³-hybridized carbons (Fsp3) is 0.842. The molecule has 1 atom stereocenters. The number of piperazine rings is 1. The van der Waals surface area contributed by atoms with Crippen LogP contribution in [0, 0.1) is 5.41 Å². The Morgan fingerprint density at radius 1 is 1.18 bits per heavy atom. The average Bonchev–Trinajstić information content (AvgIpc) is 3.17. The zero-order chi connectivity index (χ0) is 18.6. The lowest BCUT2D eigenvalue weighted by Crippen LogP contribution is -2.50. The summed E-state index contributed by atoms with van der Waals surface area (Å²) in [5.41, 5.74) is 6.10. The van der Waals surface area contributed by atoms with E-state index in [1.807, 2.05) is 11.8 Å². The highest BCUT2D eigenvalue weighted by molar-refractivity contribution is 5.85. The molecule has 1 aliphatic carbocycles. The lowest BCUT2D eigenvalue weighted by atomic mass is 9.71. The second kappa shape index (κ2) is 11.3. The molecule has 1 aromatic rings. The van der Waals surface area contributed by atoms with Gasteiger partial charge in [-0.25, -0.2) is 0 Å². The van der Waals surface area contributed by atoms with E-state index in [2.05, 4.69) is 22.0 Å². The number of carbonyl (C=O) groups is 1. The van der Waals surface area contributed by atoms with E-state index in [-0.39, 0.29) is 42.2 Å². The molecule has 9 heteroatoms. The second-order valence-electron chi connectivity index (χ2n) is 7.94. The van der Waals surface area contributed by atoms with Crippen LogP contribution >= 0.6 is 24.8 Å². The summed E-state index contributed by atoms with van der Waals surface area (Å²) in [5.74, 6) is 1.70. The Balaban J connectivity index is 0.00000196. The van der Waals surface area contributed by atoms with Gasteiger partial charge < -0.3 is 15.2 Å². The van der Waals surface area contributed by atoms with E-state index in [0.29, 0.717) is 18.9 Å². The molecular formula is C19H35Cl2N5O2. The third-order valence-electron chi connectivity index (χ3n) is 6.25. The molecule has 7 nitrogen and oxygen atoms in total. The van der Waals surface area contributed by atoms with E-state index in [1.165, 1.54) is 19.3 Å². The van der Waals surface area contributed by atoms with Crippen molar-refractivity contribution in [3.05, 3.63) is 11.7 Å². The van der Waals surface area contributed by atoms with Crippen molar-refractivity contribution < 1.29 is 9.32 Å². The summed E-state index contributed by atoms with van der Waals surface area (Å²) in [7, 11) is 0. The number of rotatable bonds is 6. The lowest BCUT2D eigenvalue weighted by molar-refractivity contribution is -0.136. The minimum Gasteiger partial charge on any atom is -0.340 e. The Hall–Kier alpha value is -0.890. The molecule has 3 rings (SSSR count). The molecule has 0 spiro atoms. The molecule has 1 saturated heterocycles. The van der Waals surface area contributed by atoms with Crippen LogP contribution in [0.1, 0.15) is 70.1 Å². The number of carbonyl (C=O) groups excluding carboxylic acids is 1. The van der Waals surface area contributed by atoms with Crippen LogP contribution in [0.4, 0.5) is 0 Å². The molecule has 2 heterocycles. The van der Waals surface area contributed by atoms with Crippen LogP contribution in [-0.2, 0) is 11.2 Å². The first kappa shape index (κ1) is 25.1. The summed E-state index contributed by atoms with van der Waals surface area (Å²) in [5, 5.41) is 3.99. The Morgan fingerprint density at radius 2 is 1.82 bits per heavy atom. The van der Waals surface area contributed by atoms with E-state index < -0.39 is 0 Å². The van der Waals surface area contributed by atoms with Gasteiger partial charge in [-0.1, -0.05) is 31.3 Å². The highest BCUT2D eigenvalue weighted by Gasteiger charge is 2.35. The van der Waals surface area contributed by atoms with Gasteiger partial charge in [-0.3, -0.25) is 9.69 Å². The predicted molar refractivity (Wildman–Crippen MR) is 114 cm³/mol. The van der Waals surface area contributed by atoms with Gasteiger partial charge in [0.25, 0.3) is 0 Å². The molecule has 0 bridgehead atoms. The Kier molecular flexibility index (Phi) is 10.2. The lowest BCUT2D eigenvalue weighted by Gasteiger charge is -2.40. The smallest absolute Gasteiger partial charge is 0.243 e. The molecule has 0 aromatic carbocycles. The SMILES string of the molecule is CCc1noc(C(C)N2CCN(C(=O)CC3(CN)CCCCC3)CC2)n1.Cl.Cl. The van der Waals surface area contributed by atoms with Gasteiger partial charge in [0.15, 0.2) is 5.82 Å². The van der Waals surface area contributed by atoms with Gasteiger partial charge in [-0.05, 0) is 31.7 Å². The molecular weight excluding hydrogens is 401 g/mol. The number of aryl methyl sites for hydroxylation is 1. The van der Waals surface area contributed by atoms with Crippen LogP contribution < -0.4 is 5.73 Å². The van der Waals surface area contributed by atoms with Gasteiger partial charge >= 0.3 is 0 Å². The number of halogens is 2. The van der Waals surface area contributed by atoms with Crippen molar-refractivity contribution in [2.75, 3.05) is 32.7 Å². The van der Waals surface area contributed by atoms with Crippen molar-refractivity contribution in [2.24, 2.45) is 11.1 Å². The average molecular weight is 436 g/mol. The third-order valence-corrected chi connectivity index (χ3v) is 6.25. The number of aromatic nitrogens is 2. The summed E-state index contributed by atoms with van der Waals surface area (Å²) in [6.45, 7) is 7.95. The number of hydrogen-bond donors (Lipinski definition) is 1. The van der Waals surface area contributed by atoms with Gasteiger partial charge in [0.1, 0.15) is 0 Å². The first-order valence-corrected chi connectivity index (χ1v) is 10.1. The third kappa shape index (κ3) is 5.81. The van der Waals surface area contributed by atoms with Crippen LogP contribution in [0.5, 0.6) is 0 Å². The van der Waals surface area contributed by atoms with E-state index in [4.69, 9.17) is 10.3 Å². The highest BCUT2D eigenvalue weighted by Crippen LogP contribution is 2.39. The van der Waals surface area contributed by atoms with E-state index in [0.717, 1.165) is 51.3 Å². The molecule has 1 unspecified atom stereocenters. The summed E-state index contributed by atoms with van der Waals surface area (Å²) in [6.07, 6.45) is 7.29. The molecule has 1 aromatic heterocycles. The fourth-order valence-electron chi connectivity index (χ4n) is 4.28. The van der Waals surface area contributed by atoms with Crippen molar-refractivity contribution in [3.63, 3.8) is 0 Å². The number of hydrogen-bond acceptors (Lipinski definition) is 6. The number of nitrogens with two attached hydrogens (primary N) is 1. The molecule has 2 N–H and O–H groups in total. The van der Waals surface area contributed by atoms with Crippen LogP contribution in [0.15, 0.2) is 4.52 Å². The summed E-state index contributed by atoms with van der Waals surface area (Å²) in [6, 6.07) is 0.0915. The molecule has 2 fully saturated rings. The van der Waals surface area contributed by atoms with Crippen molar-refractivity contribution in [2.45, 2.75) is 64.8 Å². The molecule has 28 heavy (non-hydrogen) atoms.